The number of hydrogen-bond acceptors (Lipinski definition) is 2. The molecule has 1 atom stereocenters. The standard InChI is InChI=1S/C15H30N2O/c1-11(2)14(5,6)9-17-13(18)15(12(3)4)7-8-16-10-15/h11-12,16H,7-10H2,1-6H3,(H,17,18). The van der Waals surface area contributed by atoms with Gasteiger partial charge in [-0.2, -0.15) is 0 Å². The van der Waals surface area contributed by atoms with Gasteiger partial charge in [0.2, 0.25) is 5.91 Å². The van der Waals surface area contributed by atoms with Crippen LogP contribution in [0, 0.1) is 22.7 Å². The molecule has 1 amide bonds. The van der Waals surface area contributed by atoms with Gasteiger partial charge in [-0.3, -0.25) is 4.79 Å². The molecule has 0 aromatic rings. The maximum absolute atomic E-state index is 12.5. The van der Waals surface area contributed by atoms with Gasteiger partial charge in [-0.15, -0.1) is 0 Å². The van der Waals surface area contributed by atoms with E-state index < -0.39 is 0 Å². The third kappa shape index (κ3) is 3.05. The van der Waals surface area contributed by atoms with E-state index in [4.69, 9.17) is 0 Å². The number of nitrogens with one attached hydrogen (secondary N) is 2. The zero-order chi connectivity index (χ0) is 14.0. The molecular weight excluding hydrogens is 224 g/mol. The Bertz CT molecular complexity index is 289. The maximum Gasteiger partial charge on any atom is 0.227 e. The Balaban J connectivity index is 2.64. The summed E-state index contributed by atoms with van der Waals surface area (Å²) in [7, 11) is 0. The van der Waals surface area contributed by atoms with E-state index in [9.17, 15) is 4.79 Å². The number of carbonyl (C=O) groups is 1. The van der Waals surface area contributed by atoms with Crippen LogP contribution in [0.5, 0.6) is 0 Å². The highest BCUT2D eigenvalue weighted by Crippen LogP contribution is 2.35. The van der Waals surface area contributed by atoms with Gasteiger partial charge in [0, 0.05) is 13.1 Å². The molecule has 106 valence electrons. The average Bonchev–Trinajstić information content (AvgIpc) is 2.76. The summed E-state index contributed by atoms with van der Waals surface area (Å²) in [5.74, 6) is 1.18. The molecule has 18 heavy (non-hydrogen) atoms. The highest BCUT2D eigenvalue weighted by Gasteiger charge is 2.44. The molecule has 1 fully saturated rings. The minimum Gasteiger partial charge on any atom is -0.355 e. The van der Waals surface area contributed by atoms with Crippen LogP contribution >= 0.6 is 0 Å². The fraction of sp³-hybridized carbons (Fsp3) is 0.933. The van der Waals surface area contributed by atoms with Gasteiger partial charge in [-0.1, -0.05) is 41.5 Å². The third-order valence-corrected chi connectivity index (χ3v) is 5.01. The Kier molecular flexibility index (Phi) is 4.82. The van der Waals surface area contributed by atoms with Gasteiger partial charge in [-0.25, -0.2) is 0 Å². The lowest BCUT2D eigenvalue weighted by Gasteiger charge is -2.35. The molecule has 1 unspecified atom stereocenters. The van der Waals surface area contributed by atoms with Crippen molar-refractivity contribution in [1.29, 1.82) is 0 Å². The highest BCUT2D eigenvalue weighted by atomic mass is 16.2. The summed E-state index contributed by atoms with van der Waals surface area (Å²) >= 11 is 0. The third-order valence-electron chi connectivity index (χ3n) is 5.01. The molecule has 1 heterocycles. The van der Waals surface area contributed by atoms with E-state index in [1.54, 1.807) is 0 Å². The Labute approximate surface area is 112 Å². The summed E-state index contributed by atoms with van der Waals surface area (Å²) in [5, 5.41) is 6.52. The molecule has 1 rings (SSSR count). The molecule has 3 heteroatoms. The van der Waals surface area contributed by atoms with E-state index in [2.05, 4.69) is 52.2 Å². The average molecular weight is 254 g/mol. The van der Waals surface area contributed by atoms with Crippen molar-refractivity contribution in [3.05, 3.63) is 0 Å². The molecule has 0 aliphatic carbocycles. The molecule has 0 radical (unpaired) electrons. The molecular formula is C15H30N2O. The second-order valence-electron chi connectivity index (χ2n) is 7.06. The van der Waals surface area contributed by atoms with Crippen molar-refractivity contribution < 1.29 is 4.79 Å². The van der Waals surface area contributed by atoms with Gasteiger partial charge >= 0.3 is 0 Å². The first-order valence-corrected chi connectivity index (χ1v) is 7.21. The van der Waals surface area contributed by atoms with Crippen LogP contribution in [0.2, 0.25) is 0 Å². The van der Waals surface area contributed by atoms with Crippen molar-refractivity contribution in [1.82, 2.24) is 10.6 Å². The summed E-state index contributed by atoms with van der Waals surface area (Å²) in [6.45, 7) is 15.7. The molecule has 1 aliphatic rings. The van der Waals surface area contributed by atoms with Gasteiger partial charge in [0.05, 0.1) is 5.41 Å². The van der Waals surface area contributed by atoms with Crippen molar-refractivity contribution in [3.8, 4) is 0 Å². The van der Waals surface area contributed by atoms with E-state index in [0.29, 0.717) is 11.8 Å². The van der Waals surface area contributed by atoms with Crippen molar-refractivity contribution in [3.63, 3.8) is 0 Å². The van der Waals surface area contributed by atoms with Crippen LogP contribution in [0.15, 0.2) is 0 Å². The summed E-state index contributed by atoms with van der Waals surface area (Å²) in [4.78, 5) is 12.5. The first-order valence-electron chi connectivity index (χ1n) is 7.21. The Morgan fingerprint density at radius 1 is 1.33 bits per heavy atom. The number of hydrogen-bond donors (Lipinski definition) is 2. The molecule has 1 saturated heterocycles. The SMILES string of the molecule is CC(C)C(C)(C)CNC(=O)C1(C(C)C)CCNC1. The smallest absolute Gasteiger partial charge is 0.227 e. The first-order chi connectivity index (χ1) is 8.22. The molecule has 0 aromatic carbocycles. The molecule has 0 aromatic heterocycles. The fourth-order valence-corrected chi connectivity index (χ4v) is 2.35. The minimum atomic E-state index is -0.201. The molecule has 0 spiro atoms. The van der Waals surface area contributed by atoms with E-state index >= 15 is 0 Å². The number of amides is 1. The van der Waals surface area contributed by atoms with E-state index in [1.807, 2.05) is 0 Å². The largest absolute Gasteiger partial charge is 0.355 e. The fourth-order valence-electron chi connectivity index (χ4n) is 2.35. The molecule has 1 aliphatic heterocycles. The number of rotatable bonds is 5. The van der Waals surface area contributed by atoms with Crippen LogP contribution in [-0.4, -0.2) is 25.5 Å². The summed E-state index contributed by atoms with van der Waals surface area (Å²) in [5.41, 5.74) is -0.0487. The second-order valence-corrected chi connectivity index (χ2v) is 7.06. The Morgan fingerprint density at radius 3 is 2.33 bits per heavy atom. The molecule has 3 nitrogen and oxygen atoms in total. The maximum atomic E-state index is 12.5. The minimum absolute atomic E-state index is 0.153. The van der Waals surface area contributed by atoms with Crippen molar-refractivity contribution >= 4 is 5.91 Å². The quantitative estimate of drug-likeness (QED) is 0.791. The zero-order valence-corrected chi connectivity index (χ0v) is 12.9. The van der Waals surface area contributed by atoms with Crippen LogP contribution in [0.4, 0.5) is 0 Å². The second kappa shape index (κ2) is 5.60. The number of carbonyl (C=O) groups excluding carboxylic acids is 1. The lowest BCUT2D eigenvalue weighted by Crippen LogP contribution is -2.49. The van der Waals surface area contributed by atoms with E-state index in [1.165, 1.54) is 0 Å². The summed E-state index contributed by atoms with van der Waals surface area (Å²) in [6, 6.07) is 0. The molecule has 0 bridgehead atoms. The van der Waals surface area contributed by atoms with Gasteiger partial charge in [-0.05, 0) is 30.2 Å². The van der Waals surface area contributed by atoms with Crippen LogP contribution in [-0.2, 0) is 4.79 Å². The topological polar surface area (TPSA) is 41.1 Å². The van der Waals surface area contributed by atoms with Gasteiger partial charge in [0.1, 0.15) is 0 Å². The van der Waals surface area contributed by atoms with E-state index in [-0.39, 0.29) is 16.7 Å². The van der Waals surface area contributed by atoms with Crippen LogP contribution < -0.4 is 10.6 Å². The van der Waals surface area contributed by atoms with Gasteiger partial charge < -0.3 is 10.6 Å². The summed E-state index contributed by atoms with van der Waals surface area (Å²) < 4.78 is 0. The first kappa shape index (κ1) is 15.5. The van der Waals surface area contributed by atoms with Crippen LogP contribution in [0.1, 0.15) is 48.0 Å². The summed E-state index contributed by atoms with van der Waals surface area (Å²) in [6.07, 6.45) is 0.957. The Morgan fingerprint density at radius 2 is 1.94 bits per heavy atom. The molecule has 2 N–H and O–H groups in total. The van der Waals surface area contributed by atoms with Crippen molar-refractivity contribution in [2.24, 2.45) is 22.7 Å². The normalized spacial score (nSPS) is 24.9. The van der Waals surface area contributed by atoms with Crippen LogP contribution in [0.25, 0.3) is 0 Å². The Hall–Kier alpha value is -0.570. The molecule has 0 saturated carbocycles. The predicted molar refractivity (Wildman–Crippen MR) is 76.4 cm³/mol. The van der Waals surface area contributed by atoms with E-state index in [0.717, 1.165) is 26.1 Å². The van der Waals surface area contributed by atoms with Crippen molar-refractivity contribution in [2.75, 3.05) is 19.6 Å². The predicted octanol–water partition coefficient (Wildman–Crippen LogP) is 2.42. The lowest BCUT2D eigenvalue weighted by atomic mass is 9.75. The van der Waals surface area contributed by atoms with Gasteiger partial charge in [0.15, 0.2) is 0 Å². The lowest BCUT2D eigenvalue weighted by molar-refractivity contribution is -0.133. The van der Waals surface area contributed by atoms with Gasteiger partial charge in [0.25, 0.3) is 0 Å². The zero-order valence-electron chi connectivity index (χ0n) is 12.9. The highest BCUT2D eigenvalue weighted by molar-refractivity contribution is 5.83. The monoisotopic (exact) mass is 254 g/mol. The van der Waals surface area contributed by atoms with Crippen molar-refractivity contribution in [2.45, 2.75) is 48.0 Å². The van der Waals surface area contributed by atoms with Crippen LogP contribution in [0.3, 0.4) is 0 Å².